The highest BCUT2D eigenvalue weighted by molar-refractivity contribution is 4.94. The van der Waals surface area contributed by atoms with E-state index in [9.17, 15) is 18.3 Å². The van der Waals surface area contributed by atoms with Gasteiger partial charge in [0.1, 0.15) is 6.10 Å². The number of alkyl halides is 3. The van der Waals surface area contributed by atoms with E-state index in [-0.39, 0.29) is 43.5 Å². The molecule has 0 aromatic rings. The molecule has 0 aromatic heterocycles. The van der Waals surface area contributed by atoms with Crippen molar-refractivity contribution in [2.75, 3.05) is 13.2 Å². The molecule has 2 saturated heterocycles. The van der Waals surface area contributed by atoms with Crippen molar-refractivity contribution in [3.63, 3.8) is 0 Å². The normalized spacial score (nSPS) is 41.5. The first-order valence-electron chi connectivity index (χ1n) is 11.3. The number of fused-ring (bicyclic) bond motifs is 1. The fourth-order valence-electron chi connectivity index (χ4n) is 5.40. The van der Waals surface area contributed by atoms with Crippen LogP contribution in [0.5, 0.6) is 0 Å². The van der Waals surface area contributed by atoms with Crippen molar-refractivity contribution in [1.29, 1.82) is 0 Å². The lowest BCUT2D eigenvalue weighted by Gasteiger charge is -2.42. The van der Waals surface area contributed by atoms with E-state index >= 15 is 0 Å². The van der Waals surface area contributed by atoms with Crippen molar-refractivity contribution in [3.05, 3.63) is 0 Å². The van der Waals surface area contributed by atoms with Gasteiger partial charge in [0.25, 0.3) is 0 Å². The van der Waals surface area contributed by atoms with Crippen LogP contribution in [0, 0.1) is 23.2 Å². The lowest BCUT2D eigenvalue weighted by atomic mass is 9.75. The molecule has 3 unspecified atom stereocenters. The number of halogens is 3. The Morgan fingerprint density at radius 1 is 1.24 bits per heavy atom. The second kappa shape index (κ2) is 9.41. The summed E-state index contributed by atoms with van der Waals surface area (Å²) in [5.41, 5.74) is -1.68. The zero-order valence-electron chi connectivity index (χ0n) is 17.9. The Hall–Kier alpha value is -0.370. The van der Waals surface area contributed by atoms with Crippen molar-refractivity contribution >= 4 is 0 Å². The first-order valence-corrected chi connectivity index (χ1v) is 11.3. The summed E-state index contributed by atoms with van der Waals surface area (Å²) < 4.78 is 58.2. The summed E-state index contributed by atoms with van der Waals surface area (Å²) in [5.74, 6) is 0.819. The van der Waals surface area contributed by atoms with E-state index in [1.165, 1.54) is 6.92 Å². The fourth-order valence-corrected chi connectivity index (χ4v) is 5.40. The third kappa shape index (κ3) is 5.28. The highest BCUT2D eigenvalue weighted by Gasteiger charge is 2.54. The zero-order chi connectivity index (χ0) is 21.2. The van der Waals surface area contributed by atoms with E-state index in [0.717, 1.165) is 32.1 Å². The third-order valence-corrected chi connectivity index (χ3v) is 7.38. The molecule has 0 bridgehead atoms. The Morgan fingerprint density at radius 2 is 2.00 bits per heavy atom. The molecular weight excluding hydrogens is 385 g/mol. The van der Waals surface area contributed by atoms with Gasteiger partial charge >= 0.3 is 6.18 Å². The molecule has 1 saturated carbocycles. The van der Waals surface area contributed by atoms with Gasteiger partial charge in [0.05, 0.1) is 17.6 Å². The molecule has 2 heterocycles. The van der Waals surface area contributed by atoms with Crippen LogP contribution >= 0.6 is 0 Å². The van der Waals surface area contributed by atoms with Crippen LogP contribution in [0.15, 0.2) is 0 Å². The average Bonchev–Trinajstić information content (AvgIpc) is 3.12. The first kappa shape index (κ1) is 23.3. The largest absolute Gasteiger partial charge is 0.394 e. The van der Waals surface area contributed by atoms with Gasteiger partial charge in [-0.25, -0.2) is 0 Å². The molecule has 1 N–H and O–H groups in total. The summed E-state index contributed by atoms with van der Waals surface area (Å²) in [6.07, 6.45) is -0.338. The van der Waals surface area contributed by atoms with Crippen LogP contribution in [0.1, 0.15) is 72.1 Å². The van der Waals surface area contributed by atoms with Gasteiger partial charge in [-0.3, -0.25) is 0 Å². The highest BCUT2D eigenvalue weighted by atomic mass is 19.4. The minimum absolute atomic E-state index is 0.0161. The maximum atomic E-state index is 13.5. The van der Waals surface area contributed by atoms with Crippen LogP contribution in [-0.2, 0) is 14.2 Å². The highest BCUT2D eigenvalue weighted by Crippen LogP contribution is 2.49. The number of rotatable bonds is 8. The molecule has 3 aliphatic rings. The summed E-state index contributed by atoms with van der Waals surface area (Å²) in [7, 11) is 0. The lowest BCUT2D eigenvalue weighted by Crippen LogP contribution is -2.46. The van der Waals surface area contributed by atoms with Gasteiger partial charge in [-0.05, 0) is 50.4 Å². The number of ether oxygens (including phenoxy) is 3. The van der Waals surface area contributed by atoms with E-state index in [1.54, 1.807) is 0 Å². The topological polar surface area (TPSA) is 47.9 Å². The molecule has 8 atom stereocenters. The smallest absolute Gasteiger partial charge is 0.378 e. The SMILES string of the molecule is CCCC[C@H](CCO[C@H]1C(O)O[C@H]2C[C@H](C)C[C@H]21)C1CC(C)(C(F)(F)F)CCO1. The van der Waals surface area contributed by atoms with Crippen LogP contribution in [0.3, 0.4) is 0 Å². The number of hydrogen-bond acceptors (Lipinski definition) is 4. The average molecular weight is 423 g/mol. The number of aliphatic hydroxyl groups is 1. The maximum Gasteiger partial charge on any atom is 0.394 e. The van der Waals surface area contributed by atoms with Crippen LogP contribution in [-0.4, -0.2) is 49.1 Å². The Morgan fingerprint density at radius 3 is 2.69 bits per heavy atom. The standard InChI is InChI=1S/C22H37F3O4/c1-4-5-6-15(18-13-21(3,8-10-27-18)22(23,24)25)7-9-28-19-16-11-14(2)12-17(16)29-20(19)26/h14-20,26H,4-13H2,1-3H3/t14-,15-,16-,17+,18?,19-,20?,21?/m1/s1. The summed E-state index contributed by atoms with van der Waals surface area (Å²) in [6.45, 7) is 6.16. The van der Waals surface area contributed by atoms with Gasteiger partial charge in [0.2, 0.25) is 0 Å². The second-order valence-corrected chi connectivity index (χ2v) is 9.75. The van der Waals surface area contributed by atoms with Crippen molar-refractivity contribution in [2.24, 2.45) is 23.2 Å². The molecule has 170 valence electrons. The molecule has 3 fully saturated rings. The van der Waals surface area contributed by atoms with Crippen LogP contribution in [0.4, 0.5) is 13.2 Å². The minimum atomic E-state index is -4.21. The summed E-state index contributed by atoms with van der Waals surface area (Å²) >= 11 is 0. The predicted molar refractivity (Wildman–Crippen MR) is 103 cm³/mol. The van der Waals surface area contributed by atoms with Crippen molar-refractivity contribution in [3.8, 4) is 0 Å². The van der Waals surface area contributed by atoms with Gasteiger partial charge in [-0.15, -0.1) is 0 Å². The van der Waals surface area contributed by atoms with Crippen molar-refractivity contribution in [2.45, 2.75) is 103 Å². The molecule has 7 heteroatoms. The third-order valence-electron chi connectivity index (χ3n) is 7.38. The lowest BCUT2D eigenvalue weighted by molar-refractivity contribution is -0.252. The van der Waals surface area contributed by atoms with Crippen molar-refractivity contribution in [1.82, 2.24) is 0 Å². The number of hydrogen-bond donors (Lipinski definition) is 1. The van der Waals surface area contributed by atoms with E-state index < -0.39 is 24.0 Å². The molecule has 4 nitrogen and oxygen atoms in total. The maximum absolute atomic E-state index is 13.5. The number of unbranched alkanes of at least 4 members (excludes halogenated alkanes) is 1. The van der Waals surface area contributed by atoms with E-state index in [2.05, 4.69) is 13.8 Å². The molecule has 0 spiro atoms. The monoisotopic (exact) mass is 422 g/mol. The molecule has 29 heavy (non-hydrogen) atoms. The fraction of sp³-hybridized carbons (Fsp3) is 1.00. The first-order chi connectivity index (χ1) is 13.6. The van der Waals surface area contributed by atoms with Crippen LogP contribution < -0.4 is 0 Å². The molecule has 0 radical (unpaired) electrons. The van der Waals surface area contributed by atoms with E-state index in [1.807, 2.05) is 0 Å². The van der Waals surface area contributed by atoms with Crippen molar-refractivity contribution < 1.29 is 32.5 Å². The Bertz CT molecular complexity index is 529. The summed E-state index contributed by atoms with van der Waals surface area (Å²) in [6, 6.07) is 0. The summed E-state index contributed by atoms with van der Waals surface area (Å²) in [4.78, 5) is 0. The van der Waals surface area contributed by atoms with Crippen LogP contribution in [0.25, 0.3) is 0 Å². The second-order valence-electron chi connectivity index (χ2n) is 9.75. The molecule has 2 aliphatic heterocycles. The molecule has 0 aromatic carbocycles. The van der Waals surface area contributed by atoms with Gasteiger partial charge in [-0.1, -0.05) is 33.6 Å². The van der Waals surface area contributed by atoms with E-state index in [4.69, 9.17) is 14.2 Å². The Kier molecular flexibility index (Phi) is 7.56. The minimum Gasteiger partial charge on any atom is -0.378 e. The zero-order valence-corrected chi connectivity index (χ0v) is 17.9. The Balaban J connectivity index is 1.56. The quantitative estimate of drug-likeness (QED) is 0.593. The van der Waals surface area contributed by atoms with Crippen LogP contribution in [0.2, 0.25) is 0 Å². The predicted octanol–water partition coefficient (Wildman–Crippen LogP) is 5.08. The number of aliphatic hydroxyl groups excluding tert-OH is 1. The molecular formula is C22H37F3O4. The van der Waals surface area contributed by atoms with Gasteiger partial charge < -0.3 is 19.3 Å². The van der Waals surface area contributed by atoms with Gasteiger partial charge in [-0.2, -0.15) is 13.2 Å². The summed E-state index contributed by atoms with van der Waals surface area (Å²) in [5, 5.41) is 10.2. The van der Waals surface area contributed by atoms with E-state index in [0.29, 0.717) is 18.9 Å². The molecule has 3 rings (SSSR count). The molecule has 1 aliphatic carbocycles. The molecule has 0 amide bonds. The Labute approximate surface area is 172 Å². The van der Waals surface area contributed by atoms with Gasteiger partial charge in [0, 0.05) is 19.1 Å². The van der Waals surface area contributed by atoms with Gasteiger partial charge in [0.15, 0.2) is 6.29 Å².